The Morgan fingerprint density at radius 1 is 1.22 bits per heavy atom. The van der Waals surface area contributed by atoms with Crippen LogP contribution in [0.15, 0.2) is 66.1 Å². The topological polar surface area (TPSA) is 90.0 Å². The van der Waals surface area contributed by atoms with Crippen LogP contribution in [-0.2, 0) is 4.79 Å². The number of nitrogens with one attached hydrogen (secondary N) is 1. The molecular weight excluding hydrogens is 384 g/mol. The number of rotatable bonds is 6. The zero-order valence-electron chi connectivity index (χ0n) is 14.4. The van der Waals surface area contributed by atoms with Gasteiger partial charge in [0.2, 0.25) is 11.8 Å². The molecule has 6 nitrogen and oxygen atoms in total. The molecule has 0 bridgehead atoms. The number of amides is 2. The summed E-state index contributed by atoms with van der Waals surface area (Å²) in [6.45, 7) is 1.80. The largest absolute Gasteiger partial charge is 0.366 e. The molecule has 0 aliphatic heterocycles. The standard InChI is InChI=1S/C19H17ClN4O2S/c1-12(18(26)23-15-7-5-13(6-8-15)17(21)25)27-19-22-9-10-24(19)16-4-2-3-14(20)11-16/h2-12H,1H3,(H2,21,25)(H,23,26). The lowest BCUT2D eigenvalue weighted by molar-refractivity contribution is -0.115. The Kier molecular flexibility index (Phi) is 5.83. The molecule has 3 rings (SSSR count). The van der Waals surface area contributed by atoms with Crippen LogP contribution in [0.5, 0.6) is 0 Å². The number of aromatic nitrogens is 2. The Morgan fingerprint density at radius 2 is 1.96 bits per heavy atom. The minimum atomic E-state index is -0.510. The Balaban J connectivity index is 1.69. The van der Waals surface area contributed by atoms with E-state index in [1.807, 2.05) is 29.0 Å². The van der Waals surface area contributed by atoms with Gasteiger partial charge in [0.1, 0.15) is 0 Å². The lowest BCUT2D eigenvalue weighted by atomic mass is 10.2. The molecule has 0 aliphatic carbocycles. The first-order chi connectivity index (χ1) is 12.9. The predicted octanol–water partition coefficient (Wildman–Crippen LogP) is 3.74. The van der Waals surface area contributed by atoms with Crippen molar-refractivity contribution in [1.82, 2.24) is 9.55 Å². The zero-order chi connectivity index (χ0) is 19.4. The van der Waals surface area contributed by atoms with Gasteiger partial charge in [-0.15, -0.1) is 0 Å². The molecule has 0 saturated heterocycles. The molecule has 0 aliphatic rings. The van der Waals surface area contributed by atoms with Gasteiger partial charge in [0, 0.05) is 34.4 Å². The summed E-state index contributed by atoms with van der Waals surface area (Å²) in [5, 5.41) is 3.74. The molecule has 0 fully saturated rings. The van der Waals surface area contributed by atoms with Crippen molar-refractivity contribution in [3.8, 4) is 5.69 Å². The highest BCUT2D eigenvalue weighted by atomic mass is 35.5. The average molecular weight is 401 g/mol. The third-order valence-corrected chi connectivity index (χ3v) is 5.10. The summed E-state index contributed by atoms with van der Waals surface area (Å²) in [6.07, 6.45) is 3.50. The molecule has 27 heavy (non-hydrogen) atoms. The maximum Gasteiger partial charge on any atom is 0.248 e. The Bertz CT molecular complexity index is 972. The lowest BCUT2D eigenvalue weighted by Crippen LogP contribution is -2.23. The summed E-state index contributed by atoms with van der Waals surface area (Å²) >= 11 is 7.39. The normalized spacial score (nSPS) is 11.8. The van der Waals surface area contributed by atoms with E-state index >= 15 is 0 Å². The summed E-state index contributed by atoms with van der Waals surface area (Å²) in [4.78, 5) is 27.9. The molecular formula is C19H17ClN4O2S. The number of primary amides is 1. The van der Waals surface area contributed by atoms with Crippen LogP contribution in [0.2, 0.25) is 5.02 Å². The highest BCUT2D eigenvalue weighted by Gasteiger charge is 2.18. The van der Waals surface area contributed by atoms with Crippen LogP contribution in [0.3, 0.4) is 0 Å². The summed E-state index contributed by atoms with van der Waals surface area (Å²) in [5.74, 6) is -0.683. The molecule has 0 spiro atoms. The second-order valence-electron chi connectivity index (χ2n) is 5.75. The van der Waals surface area contributed by atoms with E-state index in [1.165, 1.54) is 11.8 Å². The molecule has 3 N–H and O–H groups in total. The number of nitrogens with zero attached hydrogens (tertiary/aromatic N) is 2. The van der Waals surface area contributed by atoms with Gasteiger partial charge in [-0.1, -0.05) is 29.4 Å². The highest BCUT2D eigenvalue weighted by molar-refractivity contribution is 8.00. The number of carbonyl (C=O) groups is 2. The van der Waals surface area contributed by atoms with E-state index in [0.29, 0.717) is 21.4 Å². The van der Waals surface area contributed by atoms with E-state index in [1.54, 1.807) is 43.5 Å². The fourth-order valence-corrected chi connectivity index (χ4v) is 3.44. The molecule has 1 unspecified atom stereocenters. The highest BCUT2D eigenvalue weighted by Crippen LogP contribution is 2.26. The van der Waals surface area contributed by atoms with Crippen molar-refractivity contribution in [2.45, 2.75) is 17.3 Å². The quantitative estimate of drug-likeness (QED) is 0.616. The molecule has 0 saturated carbocycles. The monoisotopic (exact) mass is 400 g/mol. The van der Waals surface area contributed by atoms with Gasteiger partial charge in [-0.3, -0.25) is 14.2 Å². The van der Waals surface area contributed by atoms with Crippen molar-refractivity contribution < 1.29 is 9.59 Å². The number of thioether (sulfide) groups is 1. The SMILES string of the molecule is CC(Sc1nccn1-c1cccc(Cl)c1)C(=O)Nc1ccc(C(N)=O)cc1. The van der Waals surface area contributed by atoms with E-state index in [2.05, 4.69) is 10.3 Å². The van der Waals surface area contributed by atoms with Crippen molar-refractivity contribution in [1.29, 1.82) is 0 Å². The summed E-state index contributed by atoms with van der Waals surface area (Å²) in [5.41, 5.74) is 7.07. The molecule has 0 radical (unpaired) electrons. The van der Waals surface area contributed by atoms with E-state index in [9.17, 15) is 9.59 Å². The number of hydrogen-bond acceptors (Lipinski definition) is 4. The van der Waals surface area contributed by atoms with Crippen LogP contribution < -0.4 is 11.1 Å². The third-order valence-electron chi connectivity index (χ3n) is 3.78. The molecule has 3 aromatic rings. The average Bonchev–Trinajstić information content (AvgIpc) is 3.10. The van der Waals surface area contributed by atoms with Crippen molar-refractivity contribution in [2.24, 2.45) is 5.73 Å². The number of imidazole rings is 1. The molecule has 1 heterocycles. The number of carbonyl (C=O) groups excluding carboxylic acids is 2. The molecule has 2 aromatic carbocycles. The molecule has 1 aromatic heterocycles. The Morgan fingerprint density at radius 3 is 2.63 bits per heavy atom. The van der Waals surface area contributed by atoms with Gasteiger partial charge in [-0.05, 0) is 49.4 Å². The molecule has 138 valence electrons. The van der Waals surface area contributed by atoms with Crippen LogP contribution in [0.25, 0.3) is 5.69 Å². The smallest absolute Gasteiger partial charge is 0.248 e. The summed E-state index contributed by atoms with van der Waals surface area (Å²) in [7, 11) is 0. The second kappa shape index (κ2) is 8.28. The molecule has 1 atom stereocenters. The lowest BCUT2D eigenvalue weighted by Gasteiger charge is -2.13. The van der Waals surface area contributed by atoms with Crippen molar-refractivity contribution in [3.63, 3.8) is 0 Å². The fraction of sp³-hybridized carbons (Fsp3) is 0.105. The van der Waals surface area contributed by atoms with Crippen LogP contribution in [0.4, 0.5) is 5.69 Å². The van der Waals surface area contributed by atoms with Gasteiger partial charge < -0.3 is 11.1 Å². The van der Waals surface area contributed by atoms with Crippen molar-refractivity contribution in [2.75, 3.05) is 5.32 Å². The number of halogens is 1. The van der Waals surface area contributed by atoms with E-state index in [0.717, 1.165) is 5.69 Å². The minimum Gasteiger partial charge on any atom is -0.366 e. The van der Waals surface area contributed by atoms with E-state index < -0.39 is 5.91 Å². The van der Waals surface area contributed by atoms with Gasteiger partial charge in [0.15, 0.2) is 5.16 Å². The number of nitrogens with two attached hydrogens (primary N) is 1. The van der Waals surface area contributed by atoms with Crippen LogP contribution in [-0.4, -0.2) is 26.6 Å². The number of benzene rings is 2. The minimum absolute atomic E-state index is 0.174. The predicted molar refractivity (Wildman–Crippen MR) is 107 cm³/mol. The van der Waals surface area contributed by atoms with Gasteiger partial charge in [-0.25, -0.2) is 4.98 Å². The maximum atomic E-state index is 12.5. The Labute approximate surface area is 165 Å². The second-order valence-corrected chi connectivity index (χ2v) is 7.50. The van der Waals surface area contributed by atoms with Crippen molar-refractivity contribution >= 4 is 40.9 Å². The molecule has 2 amide bonds. The van der Waals surface area contributed by atoms with E-state index in [-0.39, 0.29) is 11.2 Å². The number of hydrogen-bond donors (Lipinski definition) is 2. The first kappa shape index (κ1) is 19.0. The summed E-state index contributed by atoms with van der Waals surface area (Å²) < 4.78 is 1.88. The third kappa shape index (κ3) is 4.69. The van der Waals surface area contributed by atoms with Crippen molar-refractivity contribution in [3.05, 3.63) is 71.5 Å². The van der Waals surface area contributed by atoms with Gasteiger partial charge in [0.25, 0.3) is 0 Å². The first-order valence-corrected chi connectivity index (χ1v) is 9.36. The van der Waals surface area contributed by atoms with Crippen LogP contribution in [0.1, 0.15) is 17.3 Å². The van der Waals surface area contributed by atoms with Gasteiger partial charge in [-0.2, -0.15) is 0 Å². The zero-order valence-corrected chi connectivity index (χ0v) is 16.0. The Hall–Kier alpha value is -2.77. The van der Waals surface area contributed by atoms with Crippen LogP contribution >= 0.6 is 23.4 Å². The maximum absolute atomic E-state index is 12.5. The number of anilines is 1. The van der Waals surface area contributed by atoms with Crippen LogP contribution in [0, 0.1) is 0 Å². The summed E-state index contributed by atoms with van der Waals surface area (Å²) in [6, 6.07) is 13.8. The first-order valence-electron chi connectivity index (χ1n) is 8.11. The van der Waals surface area contributed by atoms with E-state index in [4.69, 9.17) is 17.3 Å². The molecule has 8 heteroatoms. The van der Waals surface area contributed by atoms with Gasteiger partial charge >= 0.3 is 0 Å². The van der Waals surface area contributed by atoms with Gasteiger partial charge in [0.05, 0.1) is 5.25 Å². The fourth-order valence-electron chi connectivity index (χ4n) is 2.37.